The van der Waals surface area contributed by atoms with E-state index in [2.05, 4.69) is 26.2 Å². The first-order valence-corrected chi connectivity index (χ1v) is 7.48. The number of hydrogen-bond acceptors (Lipinski definition) is 2. The average Bonchev–Trinajstić information content (AvgIpc) is 2.80. The highest BCUT2D eigenvalue weighted by Crippen LogP contribution is 2.20. The van der Waals surface area contributed by atoms with Crippen LogP contribution in [0.4, 0.5) is 0 Å². The number of aromatic nitrogens is 1. The van der Waals surface area contributed by atoms with Gasteiger partial charge in [-0.05, 0) is 30.5 Å². The summed E-state index contributed by atoms with van der Waals surface area (Å²) in [6, 6.07) is 6.47. The molecule has 0 aliphatic heterocycles. The van der Waals surface area contributed by atoms with Crippen LogP contribution in [0.15, 0.2) is 28.7 Å². The summed E-state index contributed by atoms with van der Waals surface area (Å²) in [5.74, 6) is -1.24. The van der Waals surface area contributed by atoms with Gasteiger partial charge in [-0.3, -0.25) is 4.79 Å². The Morgan fingerprint density at radius 3 is 2.67 bits per heavy atom. The SMILES string of the molecule is CC(C)C[C@@H](NC(=O)c1cc2ccc(Br)cc2[nH]1)C(=O)O. The maximum atomic E-state index is 12.2. The second-order valence-electron chi connectivity index (χ2n) is 5.41. The Hall–Kier alpha value is -1.82. The van der Waals surface area contributed by atoms with Crippen LogP contribution >= 0.6 is 15.9 Å². The van der Waals surface area contributed by atoms with Gasteiger partial charge in [0.1, 0.15) is 11.7 Å². The molecule has 0 bridgehead atoms. The van der Waals surface area contributed by atoms with E-state index in [4.69, 9.17) is 5.11 Å². The predicted molar refractivity (Wildman–Crippen MR) is 84.3 cm³/mol. The summed E-state index contributed by atoms with van der Waals surface area (Å²) in [4.78, 5) is 26.4. The summed E-state index contributed by atoms with van der Waals surface area (Å²) in [5, 5.41) is 12.6. The van der Waals surface area contributed by atoms with Crippen molar-refractivity contribution in [2.45, 2.75) is 26.3 Å². The number of carbonyl (C=O) groups is 2. The topological polar surface area (TPSA) is 82.2 Å². The first kappa shape index (κ1) is 15.6. The molecule has 0 fully saturated rings. The summed E-state index contributed by atoms with van der Waals surface area (Å²) in [6.45, 7) is 3.84. The van der Waals surface area contributed by atoms with Crippen molar-refractivity contribution in [3.05, 3.63) is 34.4 Å². The van der Waals surface area contributed by atoms with Crippen LogP contribution in [0.3, 0.4) is 0 Å². The summed E-state index contributed by atoms with van der Waals surface area (Å²) in [6.07, 6.45) is 0.396. The third kappa shape index (κ3) is 3.85. The highest BCUT2D eigenvalue weighted by atomic mass is 79.9. The Balaban J connectivity index is 2.19. The van der Waals surface area contributed by atoms with Crippen LogP contribution in [0.2, 0.25) is 0 Å². The predicted octanol–water partition coefficient (Wildman–Crippen LogP) is 3.16. The van der Waals surface area contributed by atoms with Crippen LogP contribution in [0.5, 0.6) is 0 Å². The summed E-state index contributed by atoms with van der Waals surface area (Å²) >= 11 is 3.37. The fourth-order valence-corrected chi connectivity index (χ4v) is 2.51. The Bertz CT molecular complexity index is 679. The molecule has 21 heavy (non-hydrogen) atoms. The van der Waals surface area contributed by atoms with E-state index in [9.17, 15) is 9.59 Å². The number of H-pyrrole nitrogens is 1. The first-order chi connectivity index (χ1) is 9.86. The maximum Gasteiger partial charge on any atom is 0.326 e. The number of carbonyl (C=O) groups excluding carboxylic acids is 1. The molecule has 0 aliphatic rings. The van der Waals surface area contributed by atoms with Crippen LogP contribution in [-0.4, -0.2) is 28.0 Å². The maximum absolute atomic E-state index is 12.2. The van der Waals surface area contributed by atoms with Crippen molar-refractivity contribution in [2.24, 2.45) is 5.92 Å². The van der Waals surface area contributed by atoms with Gasteiger partial charge in [-0.1, -0.05) is 35.8 Å². The normalized spacial score (nSPS) is 12.6. The second kappa shape index (κ2) is 6.30. The highest BCUT2D eigenvalue weighted by molar-refractivity contribution is 9.10. The molecule has 1 aromatic heterocycles. The minimum atomic E-state index is -1.02. The van der Waals surface area contributed by atoms with Gasteiger partial charge in [-0.2, -0.15) is 0 Å². The van der Waals surface area contributed by atoms with Crippen molar-refractivity contribution in [1.82, 2.24) is 10.3 Å². The number of amides is 1. The minimum Gasteiger partial charge on any atom is -0.480 e. The number of benzene rings is 1. The first-order valence-electron chi connectivity index (χ1n) is 6.68. The van der Waals surface area contributed by atoms with Crippen molar-refractivity contribution in [2.75, 3.05) is 0 Å². The largest absolute Gasteiger partial charge is 0.480 e. The molecule has 2 rings (SSSR count). The van der Waals surface area contributed by atoms with Gasteiger partial charge in [0.25, 0.3) is 5.91 Å². The van der Waals surface area contributed by atoms with Crippen molar-refractivity contribution < 1.29 is 14.7 Å². The van der Waals surface area contributed by atoms with Gasteiger partial charge in [-0.15, -0.1) is 0 Å². The Morgan fingerprint density at radius 2 is 2.05 bits per heavy atom. The van der Waals surface area contributed by atoms with Gasteiger partial charge in [0.05, 0.1) is 0 Å². The zero-order chi connectivity index (χ0) is 15.6. The molecule has 3 N–H and O–H groups in total. The summed E-state index contributed by atoms with van der Waals surface area (Å²) in [7, 11) is 0. The third-order valence-electron chi connectivity index (χ3n) is 3.14. The van der Waals surface area contributed by atoms with Crippen molar-refractivity contribution in [1.29, 1.82) is 0 Å². The smallest absolute Gasteiger partial charge is 0.326 e. The van der Waals surface area contributed by atoms with Crippen molar-refractivity contribution >= 4 is 38.7 Å². The molecule has 2 aromatic rings. The highest BCUT2D eigenvalue weighted by Gasteiger charge is 2.22. The van der Waals surface area contributed by atoms with E-state index in [1.165, 1.54) is 0 Å². The Morgan fingerprint density at radius 1 is 1.33 bits per heavy atom. The Labute approximate surface area is 130 Å². The molecule has 0 saturated heterocycles. The van der Waals surface area contributed by atoms with E-state index in [0.717, 1.165) is 15.4 Å². The molecule has 0 saturated carbocycles. The van der Waals surface area contributed by atoms with E-state index in [1.54, 1.807) is 6.07 Å². The fourth-order valence-electron chi connectivity index (χ4n) is 2.15. The lowest BCUT2D eigenvalue weighted by atomic mass is 10.0. The fraction of sp³-hybridized carbons (Fsp3) is 0.333. The number of carboxylic acids is 1. The van der Waals surface area contributed by atoms with E-state index < -0.39 is 17.9 Å². The van der Waals surface area contributed by atoms with Crippen molar-refractivity contribution in [3.8, 4) is 0 Å². The second-order valence-corrected chi connectivity index (χ2v) is 6.32. The summed E-state index contributed by atoms with van der Waals surface area (Å²) in [5.41, 5.74) is 1.18. The van der Waals surface area contributed by atoms with Gasteiger partial charge >= 0.3 is 5.97 Å². The number of fused-ring (bicyclic) bond motifs is 1. The van der Waals surface area contributed by atoms with Crippen LogP contribution in [-0.2, 0) is 4.79 Å². The van der Waals surface area contributed by atoms with E-state index in [0.29, 0.717) is 12.1 Å². The quantitative estimate of drug-likeness (QED) is 0.772. The van der Waals surface area contributed by atoms with Crippen LogP contribution in [0, 0.1) is 5.92 Å². The molecule has 0 spiro atoms. The molecule has 0 radical (unpaired) electrons. The lowest BCUT2D eigenvalue weighted by molar-refractivity contribution is -0.139. The lowest BCUT2D eigenvalue weighted by Gasteiger charge is -2.15. The molecule has 0 unspecified atom stereocenters. The van der Waals surface area contributed by atoms with E-state index in [1.807, 2.05) is 32.0 Å². The standard InChI is InChI=1S/C15H17BrN2O3/c1-8(2)5-13(15(20)21)18-14(19)12-6-9-3-4-10(16)7-11(9)17-12/h3-4,6-8,13,17H,5H2,1-2H3,(H,18,19)(H,20,21)/t13-/m1/s1. The Kier molecular flexibility index (Phi) is 4.67. The molecule has 1 aromatic carbocycles. The number of carboxylic acid groups (broad SMARTS) is 1. The lowest BCUT2D eigenvalue weighted by Crippen LogP contribution is -2.41. The van der Waals surface area contributed by atoms with Crippen LogP contribution in [0.1, 0.15) is 30.8 Å². The van der Waals surface area contributed by atoms with Gasteiger partial charge in [0.2, 0.25) is 0 Å². The molecule has 1 heterocycles. The monoisotopic (exact) mass is 352 g/mol. The van der Waals surface area contributed by atoms with Crippen LogP contribution in [0.25, 0.3) is 10.9 Å². The molecule has 1 atom stereocenters. The van der Waals surface area contributed by atoms with E-state index in [-0.39, 0.29) is 5.92 Å². The molecule has 6 heteroatoms. The molecule has 5 nitrogen and oxygen atoms in total. The van der Waals surface area contributed by atoms with Crippen LogP contribution < -0.4 is 5.32 Å². The molecule has 0 aliphatic carbocycles. The number of aromatic amines is 1. The van der Waals surface area contributed by atoms with Gasteiger partial charge in [0, 0.05) is 15.4 Å². The minimum absolute atomic E-state index is 0.185. The summed E-state index contributed by atoms with van der Waals surface area (Å²) < 4.78 is 0.909. The van der Waals surface area contributed by atoms with Gasteiger partial charge in [0.15, 0.2) is 0 Å². The number of halogens is 1. The molecule has 1 amide bonds. The van der Waals surface area contributed by atoms with Gasteiger partial charge in [-0.25, -0.2) is 4.79 Å². The number of aliphatic carboxylic acids is 1. The number of nitrogens with one attached hydrogen (secondary N) is 2. The average molecular weight is 353 g/mol. The van der Waals surface area contributed by atoms with E-state index >= 15 is 0 Å². The number of hydrogen-bond donors (Lipinski definition) is 3. The van der Waals surface area contributed by atoms with Crippen molar-refractivity contribution in [3.63, 3.8) is 0 Å². The van der Waals surface area contributed by atoms with Gasteiger partial charge < -0.3 is 15.4 Å². The molecular formula is C15H17BrN2O3. The zero-order valence-corrected chi connectivity index (χ0v) is 13.4. The third-order valence-corrected chi connectivity index (χ3v) is 3.63. The number of rotatable bonds is 5. The molecular weight excluding hydrogens is 336 g/mol. The molecule has 112 valence electrons. The zero-order valence-electron chi connectivity index (χ0n) is 11.8.